The third kappa shape index (κ3) is 4.09. The van der Waals surface area contributed by atoms with Gasteiger partial charge >= 0.3 is 0 Å². The molecule has 1 aromatic carbocycles. The Morgan fingerprint density at radius 1 is 0.759 bits per heavy atom. The first-order valence-corrected chi connectivity index (χ1v) is 11.3. The van der Waals surface area contributed by atoms with Crippen molar-refractivity contribution in [2.24, 2.45) is 0 Å². The summed E-state index contributed by atoms with van der Waals surface area (Å²) in [5, 5.41) is 0. The van der Waals surface area contributed by atoms with Gasteiger partial charge in [-0.25, -0.2) is 0 Å². The van der Waals surface area contributed by atoms with Crippen LogP contribution < -0.4 is 0 Å². The van der Waals surface area contributed by atoms with Gasteiger partial charge in [0.1, 0.15) is 0 Å². The SMILES string of the molecule is C1=CN(Cc2ccccc2)CC=C1c1ccc(-c2ccc(-c3ccncc3)s2)s1. The monoisotopic (exact) mass is 412 g/mol. The average Bonchev–Trinajstić information content (AvgIpc) is 3.46. The van der Waals surface area contributed by atoms with Gasteiger partial charge in [-0.3, -0.25) is 4.98 Å². The molecule has 0 saturated heterocycles. The number of aromatic nitrogens is 1. The molecule has 1 aliphatic rings. The van der Waals surface area contributed by atoms with Crippen LogP contribution in [0.5, 0.6) is 0 Å². The second kappa shape index (κ2) is 8.19. The molecule has 0 saturated carbocycles. The van der Waals surface area contributed by atoms with Crippen molar-refractivity contribution in [3.63, 3.8) is 0 Å². The van der Waals surface area contributed by atoms with E-state index < -0.39 is 0 Å². The third-order valence-electron chi connectivity index (χ3n) is 4.94. The number of rotatable bonds is 5. The van der Waals surface area contributed by atoms with Crippen molar-refractivity contribution >= 4 is 28.2 Å². The van der Waals surface area contributed by atoms with Crippen LogP contribution in [0.1, 0.15) is 10.4 Å². The summed E-state index contributed by atoms with van der Waals surface area (Å²) in [6, 6.07) is 23.7. The van der Waals surface area contributed by atoms with Crippen molar-refractivity contribution < 1.29 is 0 Å². The Morgan fingerprint density at radius 2 is 1.45 bits per heavy atom. The molecule has 0 amide bonds. The zero-order chi connectivity index (χ0) is 19.5. The summed E-state index contributed by atoms with van der Waals surface area (Å²) in [5.41, 5.74) is 3.89. The lowest BCUT2D eigenvalue weighted by Gasteiger charge is -2.22. The normalized spacial score (nSPS) is 13.5. The minimum absolute atomic E-state index is 0.944. The van der Waals surface area contributed by atoms with Crippen molar-refractivity contribution in [2.75, 3.05) is 6.54 Å². The lowest BCUT2D eigenvalue weighted by molar-refractivity contribution is 0.406. The van der Waals surface area contributed by atoms with Crippen LogP contribution in [0.2, 0.25) is 0 Å². The van der Waals surface area contributed by atoms with Crippen LogP contribution in [0, 0.1) is 0 Å². The van der Waals surface area contributed by atoms with Crippen LogP contribution in [0.15, 0.2) is 97.5 Å². The molecular formula is C25H20N2S2. The summed E-state index contributed by atoms with van der Waals surface area (Å²) in [5.74, 6) is 0. The molecule has 0 spiro atoms. The minimum atomic E-state index is 0.944. The highest BCUT2D eigenvalue weighted by Gasteiger charge is 2.12. The van der Waals surface area contributed by atoms with Gasteiger partial charge in [0.2, 0.25) is 0 Å². The fraction of sp³-hybridized carbons (Fsp3) is 0.0800. The lowest BCUT2D eigenvalue weighted by atomic mass is 10.1. The smallest absolute Gasteiger partial charge is 0.0449 e. The number of nitrogens with zero attached hydrogens (tertiary/aromatic N) is 2. The van der Waals surface area contributed by atoms with E-state index >= 15 is 0 Å². The molecule has 4 heterocycles. The highest BCUT2D eigenvalue weighted by molar-refractivity contribution is 7.24. The Hall–Kier alpha value is -2.95. The Bertz CT molecular complexity index is 1150. The molecular weight excluding hydrogens is 392 g/mol. The van der Waals surface area contributed by atoms with E-state index in [1.165, 1.54) is 36.2 Å². The van der Waals surface area contributed by atoms with Crippen LogP contribution in [-0.2, 0) is 6.54 Å². The Morgan fingerprint density at radius 3 is 2.17 bits per heavy atom. The Kier molecular flexibility index (Phi) is 5.11. The van der Waals surface area contributed by atoms with E-state index in [1.54, 1.807) is 0 Å². The molecule has 0 unspecified atom stereocenters. The van der Waals surface area contributed by atoms with Crippen LogP contribution in [0.3, 0.4) is 0 Å². The van der Waals surface area contributed by atoms with E-state index in [4.69, 9.17) is 0 Å². The Labute approximate surface area is 179 Å². The van der Waals surface area contributed by atoms with Gasteiger partial charge in [-0.15, -0.1) is 22.7 Å². The molecule has 0 atom stereocenters. The highest BCUT2D eigenvalue weighted by atomic mass is 32.1. The van der Waals surface area contributed by atoms with Gasteiger partial charge in [0.25, 0.3) is 0 Å². The van der Waals surface area contributed by atoms with Gasteiger partial charge in [-0.2, -0.15) is 0 Å². The number of thiophene rings is 2. The molecule has 0 N–H and O–H groups in total. The summed E-state index contributed by atoms with van der Waals surface area (Å²) in [4.78, 5) is 11.7. The molecule has 4 aromatic rings. The summed E-state index contributed by atoms with van der Waals surface area (Å²) in [7, 11) is 0. The molecule has 0 fully saturated rings. The quantitative estimate of drug-likeness (QED) is 0.352. The number of hydrogen-bond acceptors (Lipinski definition) is 4. The predicted molar refractivity (Wildman–Crippen MR) is 125 cm³/mol. The van der Waals surface area contributed by atoms with E-state index in [0.29, 0.717) is 0 Å². The van der Waals surface area contributed by atoms with Gasteiger partial charge in [0.05, 0.1) is 0 Å². The van der Waals surface area contributed by atoms with Gasteiger partial charge in [-0.1, -0.05) is 36.4 Å². The molecule has 2 nitrogen and oxygen atoms in total. The maximum atomic E-state index is 4.11. The lowest BCUT2D eigenvalue weighted by Crippen LogP contribution is -2.18. The van der Waals surface area contributed by atoms with Crippen molar-refractivity contribution in [3.8, 4) is 20.2 Å². The summed E-state index contributed by atoms with van der Waals surface area (Å²) < 4.78 is 0. The summed E-state index contributed by atoms with van der Waals surface area (Å²) in [6.07, 6.45) is 10.5. The zero-order valence-corrected chi connectivity index (χ0v) is 17.5. The molecule has 0 bridgehead atoms. The van der Waals surface area contributed by atoms with E-state index in [-0.39, 0.29) is 0 Å². The van der Waals surface area contributed by atoms with Crippen LogP contribution in [0.25, 0.3) is 25.8 Å². The molecule has 5 rings (SSSR count). The van der Waals surface area contributed by atoms with Crippen LogP contribution >= 0.6 is 22.7 Å². The second-order valence-electron chi connectivity index (χ2n) is 6.95. The molecule has 1 aliphatic heterocycles. The minimum Gasteiger partial charge on any atom is -0.369 e. The van der Waals surface area contributed by atoms with E-state index in [9.17, 15) is 0 Å². The van der Waals surface area contributed by atoms with Crippen molar-refractivity contribution in [1.29, 1.82) is 0 Å². The topological polar surface area (TPSA) is 16.1 Å². The van der Waals surface area contributed by atoms with Gasteiger partial charge in [-0.05, 0) is 59.2 Å². The largest absolute Gasteiger partial charge is 0.369 e. The molecule has 3 aromatic heterocycles. The van der Waals surface area contributed by atoms with Gasteiger partial charge in [0.15, 0.2) is 0 Å². The number of allylic oxidation sites excluding steroid dienone is 2. The first kappa shape index (κ1) is 18.1. The average molecular weight is 413 g/mol. The zero-order valence-electron chi connectivity index (χ0n) is 15.9. The molecule has 0 aliphatic carbocycles. The standard InChI is InChI=1S/C25H20N2S2/c1-2-4-19(5-3-1)18-27-16-12-21(13-17-27)23-7-9-25(29-23)24-8-6-22(28-24)20-10-14-26-15-11-20/h1-16H,17-18H2. The summed E-state index contributed by atoms with van der Waals surface area (Å²) in [6.45, 7) is 1.89. The van der Waals surface area contributed by atoms with E-state index in [2.05, 4.69) is 95.0 Å². The highest BCUT2D eigenvalue weighted by Crippen LogP contribution is 2.39. The number of benzene rings is 1. The third-order valence-corrected chi connectivity index (χ3v) is 7.41. The Balaban J connectivity index is 1.29. The molecule has 29 heavy (non-hydrogen) atoms. The van der Waals surface area contributed by atoms with Gasteiger partial charge < -0.3 is 4.90 Å². The van der Waals surface area contributed by atoms with Crippen molar-refractivity contribution in [1.82, 2.24) is 9.88 Å². The van der Waals surface area contributed by atoms with Gasteiger partial charge in [0, 0.05) is 51.2 Å². The van der Waals surface area contributed by atoms with Crippen LogP contribution in [-0.4, -0.2) is 16.4 Å². The number of pyridine rings is 1. The van der Waals surface area contributed by atoms with E-state index in [1.807, 2.05) is 35.1 Å². The predicted octanol–water partition coefficient (Wildman–Crippen LogP) is 6.95. The second-order valence-corrected chi connectivity index (χ2v) is 9.12. The molecule has 0 radical (unpaired) electrons. The fourth-order valence-corrected chi connectivity index (χ4v) is 5.54. The molecule has 142 valence electrons. The summed E-state index contributed by atoms with van der Waals surface area (Å²) >= 11 is 3.70. The maximum absolute atomic E-state index is 4.11. The molecule has 4 heteroatoms. The van der Waals surface area contributed by atoms with Crippen molar-refractivity contribution in [3.05, 3.63) is 108 Å². The maximum Gasteiger partial charge on any atom is 0.0449 e. The van der Waals surface area contributed by atoms with E-state index in [0.717, 1.165) is 13.1 Å². The first-order valence-electron chi connectivity index (χ1n) is 9.62. The fourth-order valence-electron chi connectivity index (χ4n) is 3.42. The first-order chi connectivity index (χ1) is 14.3. The van der Waals surface area contributed by atoms with Crippen LogP contribution in [0.4, 0.5) is 0 Å². The van der Waals surface area contributed by atoms with Crippen molar-refractivity contribution in [2.45, 2.75) is 6.54 Å². The number of hydrogen-bond donors (Lipinski definition) is 0.